The molecule has 4 N–H and O–H groups in total. The maximum absolute atomic E-state index is 12.2. The summed E-state index contributed by atoms with van der Waals surface area (Å²) in [7, 11) is -2.01. The van der Waals surface area contributed by atoms with Gasteiger partial charge in [0.1, 0.15) is 30.8 Å². The number of rotatable bonds is 7. The number of esters is 1. The Morgan fingerprint density at radius 2 is 1.45 bits per heavy atom. The smallest absolute Gasteiger partial charge is 0.330 e. The van der Waals surface area contributed by atoms with E-state index in [9.17, 15) is 29.1 Å². The largest absolute Gasteiger partial charge is 0.460 e. The summed E-state index contributed by atoms with van der Waals surface area (Å²) < 4.78 is 26.2. The molecule has 2 aromatic rings. The summed E-state index contributed by atoms with van der Waals surface area (Å²) in [5.74, 6) is -0.412. The van der Waals surface area contributed by atoms with Gasteiger partial charge in [0.15, 0.2) is 8.32 Å². The lowest BCUT2D eigenvalue weighted by Gasteiger charge is -2.37. The van der Waals surface area contributed by atoms with E-state index in [0.29, 0.717) is 13.6 Å². The molecule has 2 fully saturated rings. The molecule has 44 heavy (non-hydrogen) atoms. The normalized spacial score (nSPS) is 25.4. The van der Waals surface area contributed by atoms with Crippen LogP contribution in [0, 0.1) is 7.14 Å². The highest BCUT2D eigenvalue weighted by molar-refractivity contribution is 14.1. The van der Waals surface area contributed by atoms with Crippen molar-refractivity contribution in [2.45, 2.75) is 95.5 Å². The number of H-pyrrole nitrogens is 2. The number of aromatic nitrogens is 4. The molecule has 0 radical (unpaired) electrons. The first kappa shape index (κ1) is 36.8. The molecule has 0 aliphatic carbocycles. The fourth-order valence-electron chi connectivity index (χ4n) is 4.26. The van der Waals surface area contributed by atoms with Crippen LogP contribution < -0.4 is 22.5 Å². The molecule has 6 atom stereocenters. The molecule has 0 aromatic carbocycles. The van der Waals surface area contributed by atoms with Crippen molar-refractivity contribution >= 4 is 59.5 Å². The molecular formula is C26H38I2N4O11Si. The van der Waals surface area contributed by atoms with Gasteiger partial charge in [-0.3, -0.25) is 33.5 Å². The third-order valence-electron chi connectivity index (χ3n) is 7.77. The quantitative estimate of drug-likeness (QED) is 0.177. The van der Waals surface area contributed by atoms with Gasteiger partial charge in [-0.2, -0.15) is 0 Å². The third-order valence-corrected chi connectivity index (χ3v) is 13.8. The summed E-state index contributed by atoms with van der Waals surface area (Å²) >= 11 is 3.66. The van der Waals surface area contributed by atoms with Crippen LogP contribution in [0.3, 0.4) is 0 Å². The van der Waals surface area contributed by atoms with Crippen molar-refractivity contribution in [2.24, 2.45) is 0 Å². The molecule has 4 rings (SSSR count). The summed E-state index contributed by atoms with van der Waals surface area (Å²) in [6.07, 6.45) is -0.482. The Hall–Kier alpha value is -1.69. The number of carbonyl (C=O) groups excluding carboxylic acids is 1. The third kappa shape index (κ3) is 8.97. The number of aromatic amines is 2. The van der Waals surface area contributed by atoms with Crippen LogP contribution in [-0.4, -0.2) is 81.2 Å². The highest BCUT2D eigenvalue weighted by Crippen LogP contribution is 2.38. The van der Waals surface area contributed by atoms with Gasteiger partial charge < -0.3 is 28.8 Å². The standard InChI is InChI=1S/C17H27IN2O6Si.C9H11IN2O5/c1-10(21)25-12-7-14(20-8-11(18)15(22)19-16(20)23)26-13(12)9-24-27(5,6)17(2,3)4;10-4-2-12(9(16)11-8(4)15)7-1-5(14)6(3-13)17-7/h8,12-14H,7,9H2,1-6H3,(H,19,22,23);2,5-7,13-14H,1,3H2,(H,11,15,16)/t12?,13-,14-;5?,6-,7-/m11/s1. The van der Waals surface area contributed by atoms with E-state index < -0.39 is 73.7 Å². The average Bonchev–Trinajstić information content (AvgIpc) is 3.49. The first-order valence-corrected chi connectivity index (χ1v) is 18.8. The number of nitrogens with one attached hydrogen (secondary N) is 2. The fourth-order valence-corrected chi connectivity index (χ4v) is 6.15. The molecule has 2 aliphatic heterocycles. The molecule has 4 heterocycles. The summed E-state index contributed by atoms with van der Waals surface area (Å²) in [6.45, 7) is 12.0. The topological polar surface area (TPSA) is 204 Å². The van der Waals surface area contributed by atoms with Crippen molar-refractivity contribution in [2.75, 3.05) is 13.2 Å². The number of ether oxygens (including phenoxy) is 3. The lowest BCUT2D eigenvalue weighted by molar-refractivity contribution is -0.150. The van der Waals surface area contributed by atoms with Gasteiger partial charge in [-0.05, 0) is 63.3 Å². The van der Waals surface area contributed by atoms with Gasteiger partial charge in [0.05, 0.1) is 26.5 Å². The van der Waals surface area contributed by atoms with E-state index in [0.717, 1.165) is 0 Å². The number of hydrogen-bond donors (Lipinski definition) is 4. The van der Waals surface area contributed by atoms with E-state index in [4.69, 9.17) is 23.7 Å². The van der Waals surface area contributed by atoms with Crippen molar-refractivity contribution in [3.63, 3.8) is 0 Å². The van der Waals surface area contributed by atoms with Crippen molar-refractivity contribution in [3.05, 3.63) is 61.2 Å². The van der Waals surface area contributed by atoms with E-state index in [1.165, 1.54) is 28.5 Å². The Balaban J connectivity index is 0.000000266. The van der Waals surface area contributed by atoms with Gasteiger partial charge in [-0.1, -0.05) is 20.8 Å². The maximum atomic E-state index is 12.2. The number of halogens is 2. The fraction of sp³-hybridized carbons (Fsp3) is 0.654. The molecule has 2 aromatic heterocycles. The van der Waals surface area contributed by atoms with Crippen molar-refractivity contribution in [1.29, 1.82) is 0 Å². The van der Waals surface area contributed by atoms with Crippen LogP contribution in [0.25, 0.3) is 0 Å². The highest BCUT2D eigenvalue weighted by atomic mass is 127. The minimum atomic E-state index is -2.01. The average molecular weight is 865 g/mol. The number of hydrogen-bond acceptors (Lipinski definition) is 11. The zero-order valence-corrected chi connectivity index (χ0v) is 30.5. The zero-order valence-electron chi connectivity index (χ0n) is 25.2. The molecule has 0 spiro atoms. The van der Waals surface area contributed by atoms with Gasteiger partial charge in [0.25, 0.3) is 11.1 Å². The summed E-state index contributed by atoms with van der Waals surface area (Å²) in [5.41, 5.74) is -2.04. The Morgan fingerprint density at radius 3 is 1.89 bits per heavy atom. The second-order valence-corrected chi connectivity index (χ2v) is 19.1. The first-order chi connectivity index (χ1) is 20.3. The lowest BCUT2D eigenvalue weighted by Crippen LogP contribution is -2.44. The van der Waals surface area contributed by atoms with Crippen LogP contribution >= 0.6 is 45.2 Å². The number of aliphatic hydroxyl groups excluding tert-OH is 2. The van der Waals surface area contributed by atoms with E-state index in [2.05, 4.69) is 43.8 Å². The van der Waals surface area contributed by atoms with Crippen LogP contribution in [-0.2, 0) is 23.4 Å². The summed E-state index contributed by atoms with van der Waals surface area (Å²) in [4.78, 5) is 62.4. The Morgan fingerprint density at radius 1 is 0.977 bits per heavy atom. The molecule has 0 saturated carbocycles. The van der Waals surface area contributed by atoms with E-state index in [-0.39, 0.29) is 24.7 Å². The monoisotopic (exact) mass is 864 g/mol. The van der Waals surface area contributed by atoms with E-state index in [1.54, 1.807) is 22.6 Å². The Bertz CT molecular complexity index is 1560. The first-order valence-electron chi connectivity index (χ1n) is 13.8. The molecule has 0 amide bonds. The van der Waals surface area contributed by atoms with Gasteiger partial charge >= 0.3 is 17.3 Å². The second-order valence-electron chi connectivity index (χ2n) is 12.0. The van der Waals surface area contributed by atoms with Gasteiger partial charge in [0.2, 0.25) is 0 Å². The van der Waals surface area contributed by atoms with Crippen LogP contribution in [0.2, 0.25) is 18.1 Å². The molecule has 18 heteroatoms. The van der Waals surface area contributed by atoms with Crippen LogP contribution in [0.15, 0.2) is 31.6 Å². The van der Waals surface area contributed by atoms with E-state index in [1.807, 2.05) is 22.6 Å². The number of carbonyl (C=O) groups is 1. The van der Waals surface area contributed by atoms with E-state index >= 15 is 0 Å². The molecule has 2 unspecified atom stereocenters. The van der Waals surface area contributed by atoms with Crippen molar-refractivity contribution < 1.29 is 33.6 Å². The molecule has 0 bridgehead atoms. The van der Waals surface area contributed by atoms with Crippen molar-refractivity contribution in [1.82, 2.24) is 19.1 Å². The second kappa shape index (κ2) is 14.8. The number of nitrogens with zero attached hydrogens (tertiary/aromatic N) is 2. The highest BCUT2D eigenvalue weighted by Gasteiger charge is 2.43. The molecular weight excluding hydrogens is 826 g/mol. The zero-order chi connectivity index (χ0) is 33.1. The predicted molar refractivity (Wildman–Crippen MR) is 177 cm³/mol. The predicted octanol–water partition coefficient (Wildman–Crippen LogP) is 1.16. The molecule has 246 valence electrons. The summed E-state index contributed by atoms with van der Waals surface area (Å²) in [5, 5.41) is 18.5. The van der Waals surface area contributed by atoms with Crippen LogP contribution in [0.5, 0.6) is 0 Å². The molecule has 2 saturated heterocycles. The Labute approximate surface area is 280 Å². The number of aliphatic hydroxyl groups is 2. The minimum absolute atomic E-state index is 0.0356. The lowest BCUT2D eigenvalue weighted by atomic mass is 10.2. The SMILES string of the molecule is CC(=O)OC1C[C@H](n2cc(I)c(=O)[nH]c2=O)O[C@@H]1CO[Si](C)(C)C(C)(C)C.O=c1[nH]c(=O)n([C@H]2CC(O)[C@@H](CO)O2)cc1I. The molecule has 15 nitrogen and oxygen atoms in total. The Kier molecular flexibility index (Phi) is 12.4. The van der Waals surface area contributed by atoms with Gasteiger partial charge in [-0.25, -0.2) is 9.59 Å². The summed E-state index contributed by atoms with van der Waals surface area (Å²) in [6, 6.07) is 0. The van der Waals surface area contributed by atoms with Crippen LogP contribution in [0.1, 0.15) is 53.0 Å². The maximum Gasteiger partial charge on any atom is 0.330 e. The van der Waals surface area contributed by atoms with Gasteiger partial charge in [-0.15, -0.1) is 0 Å². The van der Waals surface area contributed by atoms with Gasteiger partial charge in [0, 0.05) is 32.2 Å². The molecule has 2 aliphatic rings. The minimum Gasteiger partial charge on any atom is -0.460 e. The van der Waals surface area contributed by atoms with Crippen molar-refractivity contribution in [3.8, 4) is 0 Å². The van der Waals surface area contributed by atoms with Crippen LogP contribution in [0.4, 0.5) is 0 Å².